The highest BCUT2D eigenvalue weighted by Crippen LogP contribution is 2.34. The maximum Gasteiger partial charge on any atom is 0.434 e. The lowest BCUT2D eigenvalue weighted by Gasteiger charge is -2.39. The predicted molar refractivity (Wildman–Crippen MR) is 87.3 cm³/mol. The number of piperidine rings is 1. The van der Waals surface area contributed by atoms with Gasteiger partial charge in [0.25, 0.3) is 0 Å². The van der Waals surface area contributed by atoms with Crippen molar-refractivity contribution in [1.29, 1.82) is 0 Å². The van der Waals surface area contributed by atoms with Crippen LogP contribution < -0.4 is 0 Å². The Morgan fingerprint density at radius 2 is 2.04 bits per heavy atom. The number of carbonyl (C=O) groups excluding carboxylic acids is 1. The van der Waals surface area contributed by atoms with Crippen molar-refractivity contribution in [3.63, 3.8) is 0 Å². The largest absolute Gasteiger partial charge is 0.434 e. The number of alkyl halides is 3. The van der Waals surface area contributed by atoms with E-state index in [1.807, 2.05) is 0 Å². The molecule has 2 aromatic rings. The molecule has 0 spiro atoms. The summed E-state index contributed by atoms with van der Waals surface area (Å²) in [5, 5.41) is 17.4. The van der Waals surface area contributed by atoms with Crippen molar-refractivity contribution in [1.82, 2.24) is 24.6 Å². The molecule has 1 amide bonds. The second-order valence-electron chi connectivity index (χ2n) is 7.25. The van der Waals surface area contributed by atoms with Crippen LogP contribution >= 0.6 is 0 Å². The third kappa shape index (κ3) is 3.33. The van der Waals surface area contributed by atoms with Crippen LogP contribution in [0, 0.1) is 5.92 Å². The van der Waals surface area contributed by atoms with Crippen LogP contribution in [0.3, 0.4) is 0 Å². The molecule has 2 aliphatic heterocycles. The average molecular weight is 383 g/mol. The molecule has 2 aromatic heterocycles. The molecule has 1 saturated heterocycles. The molecule has 0 saturated carbocycles. The summed E-state index contributed by atoms with van der Waals surface area (Å²) < 4.78 is 40.0. The van der Waals surface area contributed by atoms with Gasteiger partial charge in [-0.3, -0.25) is 9.89 Å². The average Bonchev–Trinajstić information content (AvgIpc) is 3.30. The molecule has 2 N–H and O–H groups in total. The lowest BCUT2D eigenvalue weighted by atomic mass is 9.87. The summed E-state index contributed by atoms with van der Waals surface area (Å²) in [7, 11) is 0. The van der Waals surface area contributed by atoms with Crippen LogP contribution in [0.1, 0.15) is 36.5 Å². The number of aromatic amines is 1. The SMILES string of the molecule is O=C(C1CCn2cc(C(F)(F)F)nc2C1)N1CCC(O)(c2ccn[nH]2)CC1. The lowest BCUT2D eigenvalue weighted by molar-refractivity contribution is -0.141. The molecule has 0 aromatic carbocycles. The zero-order valence-electron chi connectivity index (χ0n) is 14.5. The molecular weight excluding hydrogens is 363 g/mol. The summed E-state index contributed by atoms with van der Waals surface area (Å²) in [6.45, 7) is 1.14. The van der Waals surface area contributed by atoms with Gasteiger partial charge < -0.3 is 14.6 Å². The summed E-state index contributed by atoms with van der Waals surface area (Å²) in [5.74, 6) is -0.151. The fraction of sp³-hybridized carbons (Fsp3) is 0.588. The number of hydrogen-bond acceptors (Lipinski definition) is 4. The monoisotopic (exact) mass is 383 g/mol. The molecule has 1 atom stereocenters. The first-order chi connectivity index (χ1) is 12.8. The zero-order chi connectivity index (χ0) is 19.2. The number of aryl methyl sites for hydroxylation is 1. The first-order valence-corrected chi connectivity index (χ1v) is 8.90. The number of imidazole rings is 1. The maximum absolute atomic E-state index is 12.8. The van der Waals surface area contributed by atoms with Crippen molar-refractivity contribution in [3.05, 3.63) is 35.7 Å². The van der Waals surface area contributed by atoms with E-state index in [4.69, 9.17) is 0 Å². The standard InChI is InChI=1S/C17H20F3N5O2/c18-17(19,20)13-10-25-6-2-11(9-14(25)22-13)15(26)24-7-3-16(27,4-8-24)12-1-5-21-23-12/h1,5,10-11,27H,2-4,6-9H2,(H,21,23). The Bertz CT molecular complexity index is 822. The van der Waals surface area contributed by atoms with Gasteiger partial charge in [0, 0.05) is 44.4 Å². The smallest absolute Gasteiger partial charge is 0.383 e. The number of aromatic nitrogens is 4. The molecule has 2 aliphatic rings. The van der Waals surface area contributed by atoms with Crippen LogP contribution in [-0.4, -0.2) is 48.8 Å². The van der Waals surface area contributed by atoms with E-state index in [1.165, 1.54) is 4.57 Å². The Morgan fingerprint density at radius 1 is 1.30 bits per heavy atom. The van der Waals surface area contributed by atoms with Gasteiger partial charge in [0.15, 0.2) is 5.69 Å². The van der Waals surface area contributed by atoms with Gasteiger partial charge in [-0.15, -0.1) is 0 Å². The molecule has 4 heterocycles. The molecule has 0 bridgehead atoms. The fourth-order valence-electron chi connectivity index (χ4n) is 3.92. The van der Waals surface area contributed by atoms with Crippen molar-refractivity contribution in [2.45, 2.75) is 44.0 Å². The van der Waals surface area contributed by atoms with Gasteiger partial charge in [-0.25, -0.2) is 4.98 Å². The number of amides is 1. The number of likely N-dealkylation sites (tertiary alicyclic amines) is 1. The van der Waals surface area contributed by atoms with Crippen molar-refractivity contribution in [2.24, 2.45) is 5.92 Å². The molecule has 1 unspecified atom stereocenters. The highest BCUT2D eigenvalue weighted by atomic mass is 19.4. The Hall–Kier alpha value is -2.36. The Balaban J connectivity index is 1.41. The highest BCUT2D eigenvalue weighted by Gasteiger charge is 2.40. The predicted octanol–water partition coefficient (Wildman–Crippen LogP) is 1.70. The minimum Gasteiger partial charge on any atom is -0.383 e. The summed E-state index contributed by atoms with van der Waals surface area (Å²) in [4.78, 5) is 18.2. The molecule has 0 aliphatic carbocycles. The van der Waals surface area contributed by atoms with E-state index in [9.17, 15) is 23.1 Å². The lowest BCUT2D eigenvalue weighted by Crippen LogP contribution is -2.48. The molecular formula is C17H20F3N5O2. The number of rotatable bonds is 2. The second-order valence-corrected chi connectivity index (χ2v) is 7.25. The molecule has 146 valence electrons. The summed E-state index contributed by atoms with van der Waals surface area (Å²) in [6, 6.07) is 1.72. The van der Waals surface area contributed by atoms with Gasteiger partial charge in [-0.1, -0.05) is 0 Å². The van der Waals surface area contributed by atoms with Crippen LogP contribution in [0.15, 0.2) is 18.5 Å². The van der Waals surface area contributed by atoms with Crippen LogP contribution in [0.4, 0.5) is 13.2 Å². The van der Waals surface area contributed by atoms with E-state index in [1.54, 1.807) is 17.2 Å². The molecule has 27 heavy (non-hydrogen) atoms. The second kappa shape index (κ2) is 6.36. The van der Waals surface area contributed by atoms with E-state index in [0.717, 1.165) is 6.20 Å². The van der Waals surface area contributed by atoms with Gasteiger partial charge in [-0.05, 0) is 25.3 Å². The van der Waals surface area contributed by atoms with E-state index < -0.39 is 17.5 Å². The molecule has 10 heteroatoms. The number of nitrogens with one attached hydrogen (secondary N) is 1. The number of H-pyrrole nitrogens is 1. The highest BCUT2D eigenvalue weighted by molar-refractivity contribution is 5.79. The van der Waals surface area contributed by atoms with Crippen LogP contribution in [0.2, 0.25) is 0 Å². The minimum absolute atomic E-state index is 0.0792. The van der Waals surface area contributed by atoms with E-state index in [0.29, 0.717) is 50.4 Å². The first kappa shape index (κ1) is 18.0. The Kier molecular flexibility index (Phi) is 4.25. The van der Waals surface area contributed by atoms with Crippen LogP contribution in [0.25, 0.3) is 0 Å². The topological polar surface area (TPSA) is 87.0 Å². The number of fused-ring (bicyclic) bond motifs is 1. The minimum atomic E-state index is -4.48. The van der Waals surface area contributed by atoms with Gasteiger partial charge in [0.05, 0.1) is 5.69 Å². The molecule has 4 rings (SSSR count). The quantitative estimate of drug-likeness (QED) is 0.826. The molecule has 0 radical (unpaired) electrons. The zero-order valence-corrected chi connectivity index (χ0v) is 14.5. The number of carbonyl (C=O) groups is 1. The number of nitrogens with zero attached hydrogens (tertiary/aromatic N) is 4. The van der Waals surface area contributed by atoms with E-state index in [2.05, 4.69) is 15.2 Å². The Morgan fingerprint density at radius 3 is 2.67 bits per heavy atom. The van der Waals surface area contributed by atoms with Gasteiger partial charge in [0.2, 0.25) is 5.91 Å². The third-order valence-corrected chi connectivity index (χ3v) is 5.55. The van der Waals surface area contributed by atoms with Crippen LogP contribution in [0.5, 0.6) is 0 Å². The molecule has 1 fully saturated rings. The van der Waals surface area contributed by atoms with Crippen LogP contribution in [-0.2, 0) is 29.5 Å². The number of halogens is 3. The third-order valence-electron chi connectivity index (χ3n) is 5.55. The van der Waals surface area contributed by atoms with Crippen molar-refractivity contribution in [2.75, 3.05) is 13.1 Å². The van der Waals surface area contributed by atoms with Gasteiger partial charge in [0.1, 0.15) is 11.4 Å². The maximum atomic E-state index is 12.8. The summed E-state index contributed by atoms with van der Waals surface area (Å²) in [5.41, 5.74) is -1.31. The Labute approximate surface area is 153 Å². The van der Waals surface area contributed by atoms with Gasteiger partial charge in [-0.2, -0.15) is 18.3 Å². The number of aliphatic hydroxyl groups is 1. The summed E-state index contributed by atoms with van der Waals surface area (Å²) in [6.07, 6.45) is -0.419. The van der Waals surface area contributed by atoms with Gasteiger partial charge >= 0.3 is 6.18 Å². The fourth-order valence-corrected chi connectivity index (χ4v) is 3.92. The summed E-state index contributed by atoms with van der Waals surface area (Å²) >= 11 is 0. The first-order valence-electron chi connectivity index (χ1n) is 8.90. The number of hydrogen-bond donors (Lipinski definition) is 2. The normalized spacial score (nSPS) is 22.5. The molecule has 7 nitrogen and oxygen atoms in total. The van der Waals surface area contributed by atoms with E-state index in [-0.39, 0.29) is 18.2 Å². The van der Waals surface area contributed by atoms with E-state index >= 15 is 0 Å². The van der Waals surface area contributed by atoms with Crippen molar-refractivity contribution in [3.8, 4) is 0 Å². The van der Waals surface area contributed by atoms with Crippen molar-refractivity contribution < 1.29 is 23.1 Å². The van der Waals surface area contributed by atoms with Crippen molar-refractivity contribution >= 4 is 5.91 Å².